The largest absolute Gasteiger partial charge is 0.509 e. The van der Waals surface area contributed by atoms with Crippen LogP contribution in [0.5, 0.6) is 0 Å². The third-order valence-corrected chi connectivity index (χ3v) is 7.82. The van der Waals surface area contributed by atoms with Crippen LogP contribution in [0.25, 0.3) is 0 Å². The van der Waals surface area contributed by atoms with Gasteiger partial charge in [0.1, 0.15) is 11.9 Å². The average Bonchev–Trinajstić information content (AvgIpc) is 2.79. The van der Waals surface area contributed by atoms with E-state index in [1.165, 1.54) is 25.7 Å². The van der Waals surface area contributed by atoms with E-state index < -0.39 is 6.10 Å². The second-order valence-corrected chi connectivity index (χ2v) is 8.56. The third kappa shape index (κ3) is 1.65. The molecule has 0 aliphatic heterocycles. The van der Waals surface area contributed by atoms with Crippen molar-refractivity contribution in [3.05, 3.63) is 35.6 Å². The number of aliphatic hydroxyl groups excluding tert-OH is 2. The fourth-order valence-corrected chi connectivity index (χ4v) is 6.13. The maximum Gasteiger partial charge on any atom is 0.129 e. The van der Waals surface area contributed by atoms with Gasteiger partial charge in [0.15, 0.2) is 0 Å². The summed E-state index contributed by atoms with van der Waals surface area (Å²) in [4.78, 5) is 0. The molecule has 2 saturated carbocycles. The van der Waals surface area contributed by atoms with E-state index in [4.69, 9.17) is 0 Å². The van der Waals surface area contributed by atoms with Gasteiger partial charge in [-0.2, -0.15) is 0 Å². The van der Waals surface area contributed by atoms with Crippen molar-refractivity contribution in [2.75, 3.05) is 0 Å². The second-order valence-electron chi connectivity index (χ2n) is 8.56. The maximum absolute atomic E-state index is 10.3. The van der Waals surface area contributed by atoms with Crippen molar-refractivity contribution in [3.63, 3.8) is 0 Å². The Morgan fingerprint density at radius 1 is 1.09 bits per heavy atom. The third-order valence-electron chi connectivity index (χ3n) is 7.82. The molecular weight excluding hydrogens is 272 g/mol. The lowest BCUT2D eigenvalue weighted by molar-refractivity contribution is 0.00304. The molecule has 0 saturated heterocycles. The first-order valence-corrected chi connectivity index (χ1v) is 8.87. The van der Waals surface area contributed by atoms with E-state index in [-0.39, 0.29) is 11.2 Å². The lowest BCUT2D eigenvalue weighted by Gasteiger charge is -2.55. The van der Waals surface area contributed by atoms with Crippen LogP contribution in [0.1, 0.15) is 46.5 Å². The van der Waals surface area contributed by atoms with Crippen LogP contribution in [0.2, 0.25) is 0 Å². The first kappa shape index (κ1) is 14.6. The number of hydrogen-bond acceptors (Lipinski definition) is 2. The van der Waals surface area contributed by atoms with E-state index >= 15 is 0 Å². The molecule has 7 atom stereocenters. The Bertz CT molecular complexity index is 587. The molecule has 0 amide bonds. The normalized spacial score (nSPS) is 53.2. The highest BCUT2D eigenvalue weighted by atomic mass is 16.3. The summed E-state index contributed by atoms with van der Waals surface area (Å²) >= 11 is 0. The summed E-state index contributed by atoms with van der Waals surface area (Å²) in [5.41, 5.74) is 1.32. The summed E-state index contributed by atoms with van der Waals surface area (Å²) < 4.78 is 0. The molecule has 0 spiro atoms. The molecule has 0 aromatic carbocycles. The molecule has 2 N–H and O–H groups in total. The van der Waals surface area contributed by atoms with E-state index in [9.17, 15) is 10.2 Å². The molecule has 2 heteroatoms. The highest BCUT2D eigenvalue weighted by Gasteiger charge is 2.56. The van der Waals surface area contributed by atoms with Crippen LogP contribution >= 0.6 is 0 Å². The highest BCUT2D eigenvalue weighted by Crippen LogP contribution is 2.64. The van der Waals surface area contributed by atoms with Gasteiger partial charge in [-0.3, -0.25) is 0 Å². The number of allylic oxidation sites excluding steroid dienone is 4. The molecular formula is C20H28O2. The fourth-order valence-electron chi connectivity index (χ4n) is 6.13. The van der Waals surface area contributed by atoms with E-state index in [2.05, 4.69) is 39.0 Å². The van der Waals surface area contributed by atoms with E-state index in [1.807, 2.05) is 0 Å². The summed E-state index contributed by atoms with van der Waals surface area (Å²) in [6.45, 7) is 7.19. The summed E-state index contributed by atoms with van der Waals surface area (Å²) in [5.74, 6) is 2.94. The molecule has 0 heterocycles. The van der Waals surface area contributed by atoms with Crippen LogP contribution in [0.15, 0.2) is 35.6 Å². The molecule has 0 bridgehead atoms. The Kier molecular flexibility index (Phi) is 2.98. The first-order valence-electron chi connectivity index (χ1n) is 8.87. The Hall–Kier alpha value is -1.02. The van der Waals surface area contributed by atoms with Crippen molar-refractivity contribution < 1.29 is 10.2 Å². The van der Waals surface area contributed by atoms with Crippen LogP contribution in [0.4, 0.5) is 0 Å². The van der Waals surface area contributed by atoms with Crippen LogP contribution in [-0.4, -0.2) is 16.3 Å². The van der Waals surface area contributed by atoms with Gasteiger partial charge in [0.25, 0.3) is 0 Å². The van der Waals surface area contributed by atoms with Gasteiger partial charge in [-0.1, -0.05) is 45.1 Å². The monoisotopic (exact) mass is 300 g/mol. The fraction of sp³-hybridized carbons (Fsp3) is 0.700. The van der Waals surface area contributed by atoms with Crippen LogP contribution in [0.3, 0.4) is 0 Å². The molecule has 4 aliphatic rings. The summed E-state index contributed by atoms with van der Waals surface area (Å²) in [7, 11) is 0. The Morgan fingerprint density at radius 2 is 1.86 bits per heavy atom. The number of rotatable bonds is 0. The minimum atomic E-state index is -0.829. The SMILES string of the molecule is C[C@@H]1CC[C@H]2[C@@H]3C=CC4=C(O)C(O)C=C[C@]4(C)[C@H]3CC[C@]12C. The van der Waals surface area contributed by atoms with Crippen molar-refractivity contribution in [1.82, 2.24) is 0 Å². The quantitative estimate of drug-likeness (QED) is 0.652. The molecule has 22 heavy (non-hydrogen) atoms. The lowest BCUT2D eigenvalue weighted by Crippen LogP contribution is -2.48. The van der Waals surface area contributed by atoms with E-state index in [0.717, 1.165) is 17.4 Å². The highest BCUT2D eigenvalue weighted by molar-refractivity contribution is 5.44. The summed E-state index contributed by atoms with van der Waals surface area (Å²) in [5, 5.41) is 20.3. The van der Waals surface area contributed by atoms with Crippen LogP contribution in [0, 0.1) is 34.5 Å². The molecule has 1 unspecified atom stereocenters. The zero-order valence-electron chi connectivity index (χ0n) is 13.9. The lowest BCUT2D eigenvalue weighted by atomic mass is 9.49. The van der Waals surface area contributed by atoms with Gasteiger partial charge >= 0.3 is 0 Å². The predicted molar refractivity (Wildman–Crippen MR) is 88.3 cm³/mol. The van der Waals surface area contributed by atoms with Gasteiger partial charge in [-0.05, 0) is 54.8 Å². The van der Waals surface area contributed by atoms with Gasteiger partial charge in [-0.15, -0.1) is 0 Å². The topological polar surface area (TPSA) is 40.5 Å². The zero-order chi connectivity index (χ0) is 15.7. The summed E-state index contributed by atoms with van der Waals surface area (Å²) in [6.07, 6.45) is 12.8. The van der Waals surface area contributed by atoms with Crippen molar-refractivity contribution >= 4 is 0 Å². The molecule has 2 nitrogen and oxygen atoms in total. The number of fused-ring (bicyclic) bond motifs is 5. The second kappa shape index (κ2) is 4.50. The standard InChI is InChI=1S/C20H28O2/c1-12-4-6-14-13-5-7-16-18(22)17(21)9-11-20(16,3)15(13)8-10-19(12,14)2/h5,7,9,11-15,17,21-22H,4,6,8,10H2,1-3H3/t12-,13+,14+,15+,17?,19-,20-/m1/s1. The van der Waals surface area contributed by atoms with E-state index in [0.29, 0.717) is 17.3 Å². The summed E-state index contributed by atoms with van der Waals surface area (Å²) in [6, 6.07) is 0. The van der Waals surface area contributed by atoms with Crippen molar-refractivity contribution in [2.24, 2.45) is 34.5 Å². The number of hydrogen-bond donors (Lipinski definition) is 2. The minimum Gasteiger partial charge on any atom is -0.509 e. The van der Waals surface area contributed by atoms with E-state index in [1.54, 1.807) is 6.08 Å². The van der Waals surface area contributed by atoms with Gasteiger partial charge in [-0.25, -0.2) is 0 Å². The average molecular weight is 300 g/mol. The predicted octanol–water partition coefficient (Wildman–Crippen LogP) is 4.38. The van der Waals surface area contributed by atoms with Gasteiger partial charge in [0.2, 0.25) is 0 Å². The Morgan fingerprint density at radius 3 is 2.64 bits per heavy atom. The van der Waals surface area contributed by atoms with Crippen molar-refractivity contribution in [3.8, 4) is 0 Å². The molecule has 0 radical (unpaired) electrons. The van der Waals surface area contributed by atoms with Crippen LogP contribution in [-0.2, 0) is 0 Å². The smallest absolute Gasteiger partial charge is 0.129 e. The minimum absolute atomic E-state index is 0.115. The van der Waals surface area contributed by atoms with Gasteiger partial charge in [0, 0.05) is 11.0 Å². The number of aliphatic hydroxyl groups is 2. The van der Waals surface area contributed by atoms with Crippen molar-refractivity contribution in [2.45, 2.75) is 52.6 Å². The van der Waals surface area contributed by atoms with Crippen LogP contribution < -0.4 is 0 Å². The molecule has 0 aromatic heterocycles. The molecule has 2 fully saturated rings. The molecule has 4 rings (SSSR count). The molecule has 120 valence electrons. The Balaban J connectivity index is 1.78. The molecule has 0 aromatic rings. The Labute approximate surface area is 133 Å². The van der Waals surface area contributed by atoms with Gasteiger partial charge < -0.3 is 10.2 Å². The van der Waals surface area contributed by atoms with Crippen molar-refractivity contribution in [1.29, 1.82) is 0 Å². The first-order chi connectivity index (χ1) is 10.4. The zero-order valence-corrected chi connectivity index (χ0v) is 13.9. The maximum atomic E-state index is 10.3. The molecule has 4 aliphatic carbocycles. The van der Waals surface area contributed by atoms with Gasteiger partial charge in [0.05, 0.1) is 0 Å².